The van der Waals surface area contributed by atoms with Gasteiger partial charge in [-0.15, -0.1) is 0 Å². The Morgan fingerprint density at radius 2 is 1.65 bits per heavy atom. The summed E-state index contributed by atoms with van der Waals surface area (Å²) in [6, 6.07) is 0.737. The average Bonchev–Trinajstić information content (AvgIpc) is 2.76. The molecule has 0 aromatic rings. The van der Waals surface area contributed by atoms with Gasteiger partial charge < -0.3 is 10.1 Å². The Bertz CT molecular complexity index is 203. The zero-order valence-corrected chi connectivity index (χ0v) is 11.6. The van der Waals surface area contributed by atoms with E-state index in [9.17, 15) is 0 Å². The third-order valence-electron chi connectivity index (χ3n) is 4.37. The Balaban J connectivity index is 1.54. The molecule has 0 saturated heterocycles. The number of rotatable bonds is 5. The fraction of sp³-hybridized carbons (Fsp3) is 1.00. The summed E-state index contributed by atoms with van der Waals surface area (Å²) in [5, 5.41) is 3.68. The van der Waals surface area contributed by atoms with Crippen LogP contribution in [0.2, 0.25) is 0 Å². The highest BCUT2D eigenvalue weighted by molar-refractivity contribution is 4.79. The van der Waals surface area contributed by atoms with Crippen molar-refractivity contribution in [2.45, 2.75) is 70.9 Å². The molecule has 2 heteroatoms. The number of ether oxygens (including phenoxy) is 1. The van der Waals surface area contributed by atoms with Crippen molar-refractivity contribution < 1.29 is 4.74 Å². The largest absolute Gasteiger partial charge is 0.377 e. The van der Waals surface area contributed by atoms with E-state index in [1.54, 1.807) is 0 Å². The molecule has 2 atom stereocenters. The minimum Gasteiger partial charge on any atom is -0.377 e. The van der Waals surface area contributed by atoms with E-state index in [0.29, 0.717) is 6.10 Å². The molecule has 2 aliphatic carbocycles. The van der Waals surface area contributed by atoms with Gasteiger partial charge in [0.2, 0.25) is 0 Å². The molecular weight excluding hydrogens is 210 g/mol. The molecule has 0 heterocycles. The van der Waals surface area contributed by atoms with Crippen LogP contribution in [0.5, 0.6) is 0 Å². The van der Waals surface area contributed by atoms with Crippen LogP contribution in [0, 0.1) is 11.8 Å². The van der Waals surface area contributed by atoms with Crippen LogP contribution >= 0.6 is 0 Å². The molecule has 1 N–H and O–H groups in total. The number of hydrogen-bond donors (Lipinski definition) is 1. The monoisotopic (exact) mass is 239 g/mol. The third-order valence-corrected chi connectivity index (χ3v) is 4.37. The summed E-state index contributed by atoms with van der Waals surface area (Å²) in [6.45, 7) is 6.73. The van der Waals surface area contributed by atoms with Crippen molar-refractivity contribution in [1.29, 1.82) is 0 Å². The van der Waals surface area contributed by atoms with Crippen molar-refractivity contribution in [3.63, 3.8) is 0 Å². The van der Waals surface area contributed by atoms with E-state index < -0.39 is 0 Å². The molecule has 2 rings (SSSR count). The van der Waals surface area contributed by atoms with Gasteiger partial charge in [-0.1, -0.05) is 26.7 Å². The first-order valence-electron chi connectivity index (χ1n) is 7.59. The molecule has 0 amide bonds. The van der Waals surface area contributed by atoms with E-state index in [4.69, 9.17) is 4.74 Å². The molecule has 2 saturated carbocycles. The lowest BCUT2D eigenvalue weighted by atomic mass is 9.80. The maximum Gasteiger partial charge on any atom is 0.0594 e. The van der Waals surface area contributed by atoms with Crippen LogP contribution in [0.4, 0.5) is 0 Å². The Kier molecular flexibility index (Phi) is 5.30. The summed E-state index contributed by atoms with van der Waals surface area (Å²) in [5.41, 5.74) is 0. The van der Waals surface area contributed by atoms with Gasteiger partial charge >= 0.3 is 0 Å². The molecular formula is C15H29NO. The standard InChI is InChI=1S/C15H29NO/c1-12-9-13(2)11-14(10-12)16-7-8-17-15-5-3-4-6-15/h12-16H,3-11H2,1-2H3. The summed E-state index contributed by atoms with van der Waals surface area (Å²) < 4.78 is 5.89. The quantitative estimate of drug-likeness (QED) is 0.743. The normalized spacial score (nSPS) is 35.3. The average molecular weight is 239 g/mol. The SMILES string of the molecule is CC1CC(C)CC(NCCOC2CCCC2)C1. The lowest BCUT2D eigenvalue weighted by molar-refractivity contribution is 0.0573. The minimum absolute atomic E-state index is 0.570. The third kappa shape index (κ3) is 4.59. The van der Waals surface area contributed by atoms with Gasteiger partial charge in [0, 0.05) is 12.6 Å². The van der Waals surface area contributed by atoms with Crippen molar-refractivity contribution in [2.75, 3.05) is 13.2 Å². The van der Waals surface area contributed by atoms with E-state index in [0.717, 1.165) is 31.0 Å². The Morgan fingerprint density at radius 1 is 1.00 bits per heavy atom. The molecule has 2 nitrogen and oxygen atoms in total. The summed E-state index contributed by atoms with van der Waals surface area (Å²) in [5.74, 6) is 1.79. The fourth-order valence-corrected chi connectivity index (χ4v) is 3.66. The number of hydrogen-bond acceptors (Lipinski definition) is 2. The highest BCUT2D eigenvalue weighted by atomic mass is 16.5. The first-order chi connectivity index (χ1) is 8.24. The second-order valence-corrected chi connectivity index (χ2v) is 6.35. The van der Waals surface area contributed by atoms with Crippen molar-refractivity contribution in [3.8, 4) is 0 Å². The lowest BCUT2D eigenvalue weighted by Crippen LogP contribution is -2.38. The maximum absolute atomic E-state index is 5.89. The molecule has 100 valence electrons. The first kappa shape index (κ1) is 13.4. The Morgan fingerprint density at radius 3 is 2.29 bits per heavy atom. The summed E-state index contributed by atoms with van der Waals surface area (Å²) in [7, 11) is 0. The highest BCUT2D eigenvalue weighted by Crippen LogP contribution is 2.28. The topological polar surface area (TPSA) is 21.3 Å². The van der Waals surface area contributed by atoms with E-state index >= 15 is 0 Å². The zero-order valence-electron chi connectivity index (χ0n) is 11.6. The van der Waals surface area contributed by atoms with Gasteiger partial charge in [0.15, 0.2) is 0 Å². The van der Waals surface area contributed by atoms with Gasteiger partial charge in [-0.25, -0.2) is 0 Å². The van der Waals surface area contributed by atoms with Crippen LogP contribution in [0.3, 0.4) is 0 Å². The molecule has 0 bridgehead atoms. The van der Waals surface area contributed by atoms with Gasteiger partial charge in [-0.05, 0) is 43.9 Å². The van der Waals surface area contributed by atoms with E-state index in [1.165, 1.54) is 44.9 Å². The summed E-state index contributed by atoms with van der Waals surface area (Å²) in [4.78, 5) is 0. The van der Waals surface area contributed by atoms with E-state index in [1.807, 2.05) is 0 Å². The lowest BCUT2D eigenvalue weighted by Gasteiger charge is -2.32. The summed E-state index contributed by atoms with van der Waals surface area (Å²) >= 11 is 0. The van der Waals surface area contributed by atoms with Crippen LogP contribution < -0.4 is 5.32 Å². The molecule has 2 aliphatic rings. The smallest absolute Gasteiger partial charge is 0.0594 e. The number of nitrogens with one attached hydrogen (secondary N) is 1. The van der Waals surface area contributed by atoms with Gasteiger partial charge in [0.25, 0.3) is 0 Å². The predicted molar refractivity (Wildman–Crippen MR) is 72.2 cm³/mol. The van der Waals surface area contributed by atoms with Crippen LogP contribution in [0.15, 0.2) is 0 Å². The Labute approximate surface area is 107 Å². The van der Waals surface area contributed by atoms with Crippen molar-refractivity contribution in [3.05, 3.63) is 0 Å². The summed E-state index contributed by atoms with van der Waals surface area (Å²) in [6.07, 6.45) is 10.0. The van der Waals surface area contributed by atoms with Crippen LogP contribution in [-0.4, -0.2) is 25.3 Å². The van der Waals surface area contributed by atoms with Crippen molar-refractivity contribution in [2.24, 2.45) is 11.8 Å². The van der Waals surface area contributed by atoms with Crippen molar-refractivity contribution >= 4 is 0 Å². The van der Waals surface area contributed by atoms with Crippen LogP contribution in [-0.2, 0) is 4.74 Å². The fourth-order valence-electron chi connectivity index (χ4n) is 3.66. The zero-order chi connectivity index (χ0) is 12.1. The Hall–Kier alpha value is -0.0800. The van der Waals surface area contributed by atoms with E-state index in [2.05, 4.69) is 19.2 Å². The van der Waals surface area contributed by atoms with Gasteiger partial charge in [-0.3, -0.25) is 0 Å². The molecule has 17 heavy (non-hydrogen) atoms. The molecule has 0 aromatic heterocycles. The molecule has 0 spiro atoms. The van der Waals surface area contributed by atoms with Gasteiger partial charge in [0.05, 0.1) is 12.7 Å². The van der Waals surface area contributed by atoms with Gasteiger partial charge in [-0.2, -0.15) is 0 Å². The van der Waals surface area contributed by atoms with Crippen LogP contribution in [0.1, 0.15) is 58.8 Å². The maximum atomic E-state index is 5.89. The van der Waals surface area contributed by atoms with Gasteiger partial charge in [0.1, 0.15) is 0 Å². The molecule has 0 aliphatic heterocycles. The highest BCUT2D eigenvalue weighted by Gasteiger charge is 2.23. The minimum atomic E-state index is 0.570. The molecule has 0 radical (unpaired) electrons. The predicted octanol–water partition coefficient (Wildman–Crippen LogP) is 3.36. The first-order valence-corrected chi connectivity index (χ1v) is 7.59. The molecule has 2 unspecified atom stereocenters. The second kappa shape index (κ2) is 6.75. The van der Waals surface area contributed by atoms with Crippen LogP contribution in [0.25, 0.3) is 0 Å². The van der Waals surface area contributed by atoms with E-state index in [-0.39, 0.29) is 0 Å². The second-order valence-electron chi connectivity index (χ2n) is 6.35. The molecule has 2 fully saturated rings. The van der Waals surface area contributed by atoms with Crippen molar-refractivity contribution in [1.82, 2.24) is 5.32 Å². The molecule has 0 aromatic carbocycles.